The van der Waals surface area contributed by atoms with Gasteiger partial charge in [-0.1, -0.05) is 12.1 Å². The van der Waals surface area contributed by atoms with E-state index in [2.05, 4.69) is 22.3 Å². The maximum atomic E-state index is 12.5. The molecule has 5 nitrogen and oxygen atoms in total. The summed E-state index contributed by atoms with van der Waals surface area (Å²) in [6.07, 6.45) is 2.22. The maximum Gasteiger partial charge on any atom is 0.255 e. The van der Waals surface area contributed by atoms with E-state index in [0.29, 0.717) is 17.9 Å². The van der Waals surface area contributed by atoms with E-state index in [4.69, 9.17) is 9.47 Å². The Hall–Kier alpha value is -2.53. The number of carbonyl (C=O) groups excluding carboxylic acids is 1. The van der Waals surface area contributed by atoms with Crippen LogP contribution >= 0.6 is 0 Å². The molecular weight excluding hydrogens is 316 g/mol. The fourth-order valence-corrected chi connectivity index (χ4v) is 3.13. The van der Waals surface area contributed by atoms with Crippen LogP contribution in [-0.4, -0.2) is 39.8 Å². The normalized spacial score (nSPS) is 13.3. The summed E-state index contributed by atoms with van der Waals surface area (Å²) < 4.78 is 10.4. The number of rotatable bonds is 6. The number of nitrogens with one attached hydrogen (secondary N) is 1. The third-order valence-corrected chi connectivity index (χ3v) is 4.46. The molecule has 3 rings (SSSR count). The van der Waals surface area contributed by atoms with Crippen molar-refractivity contribution in [2.24, 2.45) is 0 Å². The lowest BCUT2D eigenvalue weighted by molar-refractivity contribution is 0.102. The minimum atomic E-state index is -0.141. The third kappa shape index (κ3) is 4.12. The highest BCUT2D eigenvalue weighted by Crippen LogP contribution is 2.30. The molecule has 5 heteroatoms. The van der Waals surface area contributed by atoms with Crippen molar-refractivity contribution in [1.29, 1.82) is 0 Å². The largest absolute Gasteiger partial charge is 0.497 e. The Bertz CT molecular complexity index is 745. The van der Waals surface area contributed by atoms with Gasteiger partial charge in [0, 0.05) is 37.1 Å². The van der Waals surface area contributed by atoms with Crippen molar-refractivity contribution in [3.05, 3.63) is 53.6 Å². The maximum absolute atomic E-state index is 12.5. The molecule has 25 heavy (non-hydrogen) atoms. The van der Waals surface area contributed by atoms with Crippen LogP contribution in [0.4, 0.5) is 11.4 Å². The molecule has 0 aromatic heterocycles. The molecule has 0 fully saturated rings. The van der Waals surface area contributed by atoms with Crippen molar-refractivity contribution in [2.75, 3.05) is 44.1 Å². The molecule has 2 aromatic carbocycles. The molecule has 1 aliphatic rings. The van der Waals surface area contributed by atoms with E-state index < -0.39 is 0 Å². The van der Waals surface area contributed by atoms with Gasteiger partial charge in [-0.2, -0.15) is 0 Å². The molecule has 0 unspecified atom stereocenters. The predicted molar refractivity (Wildman–Crippen MR) is 99.8 cm³/mol. The van der Waals surface area contributed by atoms with E-state index in [1.165, 1.54) is 11.3 Å². The molecule has 1 N–H and O–H groups in total. The van der Waals surface area contributed by atoms with E-state index in [1.807, 2.05) is 18.2 Å². The van der Waals surface area contributed by atoms with Crippen molar-refractivity contribution < 1.29 is 14.3 Å². The molecule has 0 aliphatic carbocycles. The highest BCUT2D eigenvalue weighted by Gasteiger charge is 2.17. The lowest BCUT2D eigenvalue weighted by Crippen LogP contribution is -2.32. The zero-order valence-electron chi connectivity index (χ0n) is 14.7. The van der Waals surface area contributed by atoms with Gasteiger partial charge in [-0.15, -0.1) is 0 Å². The number of hydrogen-bond acceptors (Lipinski definition) is 4. The minimum absolute atomic E-state index is 0.141. The number of anilines is 2. The molecule has 1 amide bonds. The van der Waals surface area contributed by atoms with Crippen LogP contribution in [0.5, 0.6) is 5.75 Å². The second-order valence-electron chi connectivity index (χ2n) is 6.11. The number of aryl methyl sites for hydroxylation is 1. The number of hydrogen-bond donors (Lipinski definition) is 1. The van der Waals surface area contributed by atoms with Gasteiger partial charge in [0.05, 0.1) is 13.7 Å². The first kappa shape index (κ1) is 17.3. The van der Waals surface area contributed by atoms with Crippen LogP contribution in [0.15, 0.2) is 42.5 Å². The van der Waals surface area contributed by atoms with Gasteiger partial charge in [0.15, 0.2) is 0 Å². The number of methoxy groups -OCH3 is 2. The molecule has 0 radical (unpaired) electrons. The first-order valence-electron chi connectivity index (χ1n) is 8.53. The molecule has 0 spiro atoms. The zero-order chi connectivity index (χ0) is 17.6. The average molecular weight is 340 g/mol. The van der Waals surface area contributed by atoms with Crippen LogP contribution in [0, 0.1) is 0 Å². The van der Waals surface area contributed by atoms with E-state index in [0.717, 1.165) is 31.6 Å². The first-order chi connectivity index (χ1) is 12.2. The van der Waals surface area contributed by atoms with Gasteiger partial charge in [-0.05, 0) is 48.7 Å². The smallest absolute Gasteiger partial charge is 0.255 e. The Morgan fingerprint density at radius 3 is 2.88 bits per heavy atom. The Morgan fingerprint density at radius 2 is 2.08 bits per heavy atom. The van der Waals surface area contributed by atoms with Crippen LogP contribution in [0.3, 0.4) is 0 Å². The van der Waals surface area contributed by atoms with E-state index in [1.54, 1.807) is 26.4 Å². The summed E-state index contributed by atoms with van der Waals surface area (Å²) in [6.45, 7) is 2.57. The number of amides is 1. The van der Waals surface area contributed by atoms with Crippen molar-refractivity contribution in [3.63, 3.8) is 0 Å². The van der Waals surface area contributed by atoms with Crippen LogP contribution in [0.1, 0.15) is 22.3 Å². The van der Waals surface area contributed by atoms with Crippen molar-refractivity contribution in [1.82, 2.24) is 0 Å². The van der Waals surface area contributed by atoms with Gasteiger partial charge >= 0.3 is 0 Å². The molecular formula is C20H24N2O3. The summed E-state index contributed by atoms with van der Waals surface area (Å²) in [5.41, 5.74) is 3.89. The van der Waals surface area contributed by atoms with Gasteiger partial charge < -0.3 is 19.7 Å². The summed E-state index contributed by atoms with van der Waals surface area (Å²) in [7, 11) is 3.31. The van der Waals surface area contributed by atoms with E-state index in [-0.39, 0.29) is 5.91 Å². The Kier molecular flexibility index (Phi) is 5.56. The summed E-state index contributed by atoms with van der Waals surface area (Å²) in [4.78, 5) is 14.8. The van der Waals surface area contributed by atoms with Crippen molar-refractivity contribution >= 4 is 17.3 Å². The van der Waals surface area contributed by atoms with E-state index >= 15 is 0 Å². The van der Waals surface area contributed by atoms with Gasteiger partial charge in [0.2, 0.25) is 0 Å². The summed E-state index contributed by atoms with van der Waals surface area (Å²) in [6, 6.07) is 13.3. The Labute approximate surface area is 148 Å². The molecule has 0 saturated heterocycles. The SMILES string of the molecule is COCCN1CCCc2ccc(NC(=O)c3cccc(OC)c3)cc21. The Morgan fingerprint density at radius 1 is 1.20 bits per heavy atom. The monoisotopic (exact) mass is 340 g/mol. The first-order valence-corrected chi connectivity index (χ1v) is 8.53. The zero-order valence-corrected chi connectivity index (χ0v) is 14.7. The fraction of sp³-hybridized carbons (Fsp3) is 0.350. The third-order valence-electron chi connectivity index (χ3n) is 4.46. The predicted octanol–water partition coefficient (Wildman–Crippen LogP) is 3.35. The van der Waals surface area contributed by atoms with Gasteiger partial charge in [-0.3, -0.25) is 4.79 Å². The quantitative estimate of drug-likeness (QED) is 0.876. The van der Waals surface area contributed by atoms with Gasteiger partial charge in [0.25, 0.3) is 5.91 Å². The molecule has 2 aromatic rings. The molecule has 132 valence electrons. The molecule has 1 heterocycles. The van der Waals surface area contributed by atoms with Crippen LogP contribution < -0.4 is 15.0 Å². The number of carbonyl (C=O) groups is 1. The number of ether oxygens (including phenoxy) is 2. The Balaban J connectivity index is 1.77. The number of fused-ring (bicyclic) bond motifs is 1. The molecule has 0 atom stereocenters. The summed E-state index contributed by atoms with van der Waals surface area (Å²) in [5, 5.41) is 2.98. The standard InChI is InChI=1S/C20H24N2O3/c1-24-12-11-22-10-4-6-15-8-9-17(14-19(15)22)21-20(23)16-5-3-7-18(13-16)25-2/h3,5,7-9,13-14H,4,6,10-12H2,1-2H3,(H,21,23). The lowest BCUT2D eigenvalue weighted by atomic mass is 10.0. The molecule has 1 aliphatic heterocycles. The highest BCUT2D eigenvalue weighted by molar-refractivity contribution is 6.04. The number of benzene rings is 2. The second kappa shape index (κ2) is 8.03. The van der Waals surface area contributed by atoms with Crippen LogP contribution in [-0.2, 0) is 11.2 Å². The second-order valence-corrected chi connectivity index (χ2v) is 6.11. The van der Waals surface area contributed by atoms with Gasteiger partial charge in [0.1, 0.15) is 5.75 Å². The van der Waals surface area contributed by atoms with Crippen LogP contribution in [0.2, 0.25) is 0 Å². The van der Waals surface area contributed by atoms with Crippen molar-refractivity contribution in [3.8, 4) is 5.75 Å². The lowest BCUT2D eigenvalue weighted by Gasteiger charge is -2.31. The molecule has 0 bridgehead atoms. The average Bonchev–Trinajstić information content (AvgIpc) is 2.66. The summed E-state index contributed by atoms with van der Waals surface area (Å²) in [5.74, 6) is 0.530. The highest BCUT2D eigenvalue weighted by atomic mass is 16.5. The minimum Gasteiger partial charge on any atom is -0.497 e. The van der Waals surface area contributed by atoms with Gasteiger partial charge in [-0.25, -0.2) is 0 Å². The summed E-state index contributed by atoms with van der Waals surface area (Å²) >= 11 is 0. The molecule has 0 saturated carbocycles. The fourth-order valence-electron chi connectivity index (χ4n) is 3.13. The van der Waals surface area contributed by atoms with Crippen molar-refractivity contribution in [2.45, 2.75) is 12.8 Å². The van der Waals surface area contributed by atoms with Crippen LogP contribution in [0.25, 0.3) is 0 Å². The number of nitrogens with zero attached hydrogens (tertiary/aromatic N) is 1. The topological polar surface area (TPSA) is 50.8 Å². The van der Waals surface area contributed by atoms with E-state index in [9.17, 15) is 4.79 Å².